The number of non-ortho nitro benzene ring substituents is 1. The van der Waals surface area contributed by atoms with Gasteiger partial charge in [-0.15, -0.1) is 0 Å². The number of nitro benzene ring substituents is 1. The molecule has 0 saturated carbocycles. The van der Waals surface area contributed by atoms with Gasteiger partial charge in [-0.05, 0) is 54.4 Å². The molecule has 0 bridgehead atoms. The van der Waals surface area contributed by atoms with Gasteiger partial charge < -0.3 is 20.5 Å². The maximum absolute atomic E-state index is 13.1. The zero-order chi connectivity index (χ0) is 29.8. The largest absolute Gasteiger partial charge is 0.352 e. The predicted octanol–water partition coefficient (Wildman–Crippen LogP) is 5.76. The number of aryl methyl sites for hydroxylation is 1. The Bertz CT molecular complexity index is 1650. The number of benzene rings is 3. The summed E-state index contributed by atoms with van der Waals surface area (Å²) >= 11 is 6.31. The summed E-state index contributed by atoms with van der Waals surface area (Å²) in [6.45, 7) is 5.68. The Morgan fingerprint density at radius 1 is 0.951 bits per heavy atom. The highest BCUT2D eigenvalue weighted by molar-refractivity contribution is 6.34. The third-order valence-electron chi connectivity index (χ3n) is 6.75. The number of halogens is 1. The Kier molecular flexibility index (Phi) is 8.73. The Morgan fingerprint density at radius 2 is 1.66 bits per heavy atom. The molecule has 1 heterocycles. The molecule has 0 aliphatic heterocycles. The van der Waals surface area contributed by atoms with Gasteiger partial charge in [0.2, 0.25) is 5.91 Å². The fraction of sp³-hybridized carbons (Fsp3) is 0.233. The van der Waals surface area contributed by atoms with E-state index in [0.717, 1.165) is 22.0 Å². The van der Waals surface area contributed by atoms with Crippen molar-refractivity contribution in [3.8, 4) is 0 Å². The molecule has 4 aromatic rings. The fourth-order valence-electron chi connectivity index (χ4n) is 4.33. The van der Waals surface area contributed by atoms with Gasteiger partial charge in [-0.3, -0.25) is 24.5 Å². The topological polar surface area (TPSA) is 135 Å². The Morgan fingerprint density at radius 3 is 2.32 bits per heavy atom. The number of nitrogens with one attached hydrogen (secondary N) is 3. The molecule has 0 aliphatic carbocycles. The van der Waals surface area contributed by atoms with Crippen LogP contribution < -0.4 is 16.0 Å². The van der Waals surface area contributed by atoms with Crippen LogP contribution in [0.2, 0.25) is 5.02 Å². The zero-order valence-corrected chi connectivity index (χ0v) is 23.8. The van der Waals surface area contributed by atoms with Gasteiger partial charge in [-0.2, -0.15) is 0 Å². The minimum atomic E-state index is -0.472. The number of anilines is 1. The molecule has 11 heteroatoms. The van der Waals surface area contributed by atoms with Gasteiger partial charge in [0, 0.05) is 48.2 Å². The van der Waals surface area contributed by atoms with E-state index in [0.29, 0.717) is 11.4 Å². The number of carbonyl (C=O) groups is 3. The van der Waals surface area contributed by atoms with Gasteiger partial charge in [0.05, 0.1) is 21.6 Å². The highest BCUT2D eigenvalue weighted by atomic mass is 35.5. The highest BCUT2D eigenvalue weighted by Crippen LogP contribution is 2.25. The van der Waals surface area contributed by atoms with E-state index < -0.39 is 10.8 Å². The van der Waals surface area contributed by atoms with E-state index >= 15 is 0 Å². The average molecular weight is 576 g/mol. The van der Waals surface area contributed by atoms with Crippen molar-refractivity contribution in [3.05, 3.63) is 104 Å². The summed E-state index contributed by atoms with van der Waals surface area (Å²) in [6.07, 6.45) is 0. The van der Waals surface area contributed by atoms with E-state index in [1.54, 1.807) is 87.0 Å². The maximum atomic E-state index is 13.1. The molecule has 0 aliphatic rings. The standard InChI is InChI=1S/C30H30ClN5O5/c1-17(2)28(37)32-16-19-5-11-25(31)24(13-19)29(38)34-22-8-12-26-21(14-22)15-27(35(26)4)30(39)33-18(3)20-6-9-23(10-7-20)36(40)41/h5-15,17-18H,16H2,1-4H3,(H,32,37)(H,33,39)(H,34,38)/t18-/m0/s1. The second-order valence-corrected chi connectivity index (χ2v) is 10.5. The number of nitrogens with zero attached hydrogens (tertiary/aromatic N) is 2. The van der Waals surface area contributed by atoms with Gasteiger partial charge in [-0.25, -0.2) is 0 Å². The highest BCUT2D eigenvalue weighted by Gasteiger charge is 2.18. The quantitative estimate of drug-likeness (QED) is 0.172. The summed E-state index contributed by atoms with van der Waals surface area (Å²) < 4.78 is 1.75. The summed E-state index contributed by atoms with van der Waals surface area (Å²) in [6, 6.07) is 17.7. The van der Waals surface area contributed by atoms with Gasteiger partial charge in [0.1, 0.15) is 5.69 Å². The molecule has 4 rings (SSSR count). The second kappa shape index (κ2) is 12.2. The molecule has 0 spiro atoms. The van der Waals surface area contributed by atoms with Crippen molar-refractivity contribution < 1.29 is 19.3 Å². The fourth-order valence-corrected chi connectivity index (χ4v) is 4.54. The van der Waals surface area contributed by atoms with E-state index in [-0.39, 0.29) is 46.6 Å². The maximum Gasteiger partial charge on any atom is 0.269 e. The smallest absolute Gasteiger partial charge is 0.269 e. The van der Waals surface area contributed by atoms with Crippen molar-refractivity contribution in [1.82, 2.24) is 15.2 Å². The van der Waals surface area contributed by atoms with E-state index in [2.05, 4.69) is 16.0 Å². The number of carbonyl (C=O) groups excluding carboxylic acids is 3. The molecule has 10 nitrogen and oxygen atoms in total. The van der Waals surface area contributed by atoms with Crippen LogP contribution in [0.5, 0.6) is 0 Å². The average Bonchev–Trinajstić information content (AvgIpc) is 3.27. The summed E-state index contributed by atoms with van der Waals surface area (Å²) in [4.78, 5) is 48.5. The molecule has 0 fully saturated rings. The molecule has 0 unspecified atom stereocenters. The lowest BCUT2D eigenvalue weighted by atomic mass is 10.1. The third kappa shape index (κ3) is 6.72. The molecule has 1 aromatic heterocycles. The van der Waals surface area contributed by atoms with Gasteiger partial charge in [-0.1, -0.05) is 43.6 Å². The van der Waals surface area contributed by atoms with Crippen LogP contribution in [-0.2, 0) is 18.4 Å². The van der Waals surface area contributed by atoms with Crippen LogP contribution in [0.1, 0.15) is 58.8 Å². The molecule has 41 heavy (non-hydrogen) atoms. The van der Waals surface area contributed by atoms with Crippen molar-refractivity contribution in [2.45, 2.75) is 33.4 Å². The Labute approximate surface area is 241 Å². The monoisotopic (exact) mass is 575 g/mol. The number of nitro groups is 1. The number of amides is 3. The molecule has 3 N–H and O–H groups in total. The Balaban J connectivity index is 1.48. The van der Waals surface area contributed by atoms with Crippen molar-refractivity contribution in [3.63, 3.8) is 0 Å². The number of fused-ring (bicyclic) bond motifs is 1. The molecular weight excluding hydrogens is 546 g/mol. The van der Waals surface area contributed by atoms with Crippen molar-refractivity contribution in [1.29, 1.82) is 0 Å². The van der Waals surface area contributed by atoms with Crippen molar-refractivity contribution in [2.75, 3.05) is 5.32 Å². The van der Waals surface area contributed by atoms with Crippen LogP contribution in [0, 0.1) is 16.0 Å². The lowest BCUT2D eigenvalue weighted by Crippen LogP contribution is -2.28. The number of hydrogen-bond acceptors (Lipinski definition) is 5. The summed E-state index contributed by atoms with van der Waals surface area (Å²) in [5.74, 6) is -0.954. The SMILES string of the molecule is CC(C)C(=O)NCc1ccc(Cl)c(C(=O)Nc2ccc3c(c2)cc(C(=O)N[C@@H](C)c2ccc([N+](=O)[O-])cc2)n3C)c1. The van der Waals surface area contributed by atoms with Gasteiger partial charge in [0.25, 0.3) is 17.5 Å². The van der Waals surface area contributed by atoms with E-state index in [1.807, 2.05) is 0 Å². The summed E-state index contributed by atoms with van der Waals surface area (Å²) in [7, 11) is 1.77. The summed E-state index contributed by atoms with van der Waals surface area (Å²) in [5, 5.41) is 20.5. The first-order chi connectivity index (χ1) is 19.4. The Hall–Kier alpha value is -4.70. The van der Waals surface area contributed by atoms with Crippen molar-refractivity contribution >= 4 is 51.6 Å². The van der Waals surface area contributed by atoms with E-state index in [4.69, 9.17) is 11.6 Å². The number of aromatic nitrogens is 1. The van der Waals surface area contributed by atoms with Crippen LogP contribution in [0.4, 0.5) is 11.4 Å². The first-order valence-electron chi connectivity index (χ1n) is 13.0. The van der Waals surface area contributed by atoms with Crippen LogP contribution in [0.15, 0.2) is 66.7 Å². The van der Waals surface area contributed by atoms with Crippen LogP contribution in [0.3, 0.4) is 0 Å². The van der Waals surface area contributed by atoms with Crippen LogP contribution >= 0.6 is 11.6 Å². The minimum absolute atomic E-state index is 0.0195. The molecule has 0 saturated heterocycles. The lowest BCUT2D eigenvalue weighted by molar-refractivity contribution is -0.384. The molecule has 0 radical (unpaired) electrons. The first-order valence-corrected chi connectivity index (χ1v) is 13.3. The molecule has 1 atom stereocenters. The molecule has 3 amide bonds. The summed E-state index contributed by atoms with van der Waals surface area (Å²) in [5.41, 5.74) is 3.45. The predicted molar refractivity (Wildman–Crippen MR) is 158 cm³/mol. The van der Waals surface area contributed by atoms with Gasteiger partial charge in [0.15, 0.2) is 0 Å². The zero-order valence-electron chi connectivity index (χ0n) is 23.0. The van der Waals surface area contributed by atoms with E-state index in [1.165, 1.54) is 12.1 Å². The lowest BCUT2D eigenvalue weighted by Gasteiger charge is -2.14. The molecule has 3 aromatic carbocycles. The second-order valence-electron chi connectivity index (χ2n) is 10.0. The molecular formula is C30H30ClN5O5. The van der Waals surface area contributed by atoms with Crippen molar-refractivity contribution in [2.24, 2.45) is 13.0 Å². The molecule has 212 valence electrons. The van der Waals surface area contributed by atoms with Crippen LogP contribution in [0.25, 0.3) is 10.9 Å². The normalized spacial score (nSPS) is 11.8. The number of rotatable bonds is 9. The van der Waals surface area contributed by atoms with Gasteiger partial charge >= 0.3 is 0 Å². The minimum Gasteiger partial charge on any atom is -0.352 e. The number of hydrogen-bond donors (Lipinski definition) is 3. The third-order valence-corrected chi connectivity index (χ3v) is 7.08. The van der Waals surface area contributed by atoms with E-state index in [9.17, 15) is 24.5 Å². The van der Waals surface area contributed by atoms with Crippen LogP contribution in [-0.4, -0.2) is 27.2 Å². The first kappa shape index (κ1) is 29.3.